The molecule has 0 radical (unpaired) electrons. The molecule has 0 bridgehead atoms. The topological polar surface area (TPSA) is 67.2 Å². The number of aromatic nitrogens is 2. The molecule has 0 unspecified atom stereocenters. The average molecular weight is 580 g/mol. The summed E-state index contributed by atoms with van der Waals surface area (Å²) in [6.45, 7) is 6.30. The minimum absolute atomic E-state index is 0.140. The molecule has 1 heterocycles. The normalized spacial score (nSPS) is 11.3. The second-order valence-corrected chi connectivity index (χ2v) is 11.1. The number of rotatable bonds is 7. The number of carbonyl (C=O) groups is 2. The molecular weight excluding hydrogens is 552 g/mol. The van der Waals surface area contributed by atoms with Crippen molar-refractivity contribution < 1.29 is 9.59 Å². The Morgan fingerprint density at radius 1 is 0.973 bits per heavy atom. The predicted molar refractivity (Wildman–Crippen MR) is 151 cm³/mol. The number of hydrogen-bond donors (Lipinski definition) is 1. The molecular formula is C29H28BrClN4O2. The zero-order chi connectivity index (χ0) is 26.6. The van der Waals surface area contributed by atoms with E-state index < -0.39 is 0 Å². The van der Waals surface area contributed by atoms with Crippen LogP contribution in [0.15, 0.2) is 89.4 Å². The Morgan fingerprint density at radius 2 is 1.68 bits per heavy atom. The highest BCUT2D eigenvalue weighted by Gasteiger charge is 2.24. The molecule has 0 aliphatic rings. The maximum absolute atomic E-state index is 13.4. The highest BCUT2D eigenvalue weighted by Crippen LogP contribution is 2.29. The first-order chi connectivity index (χ1) is 17.6. The first-order valence-corrected chi connectivity index (χ1v) is 13.0. The van der Waals surface area contributed by atoms with Gasteiger partial charge in [0, 0.05) is 28.1 Å². The van der Waals surface area contributed by atoms with Crippen molar-refractivity contribution in [1.29, 1.82) is 0 Å². The standard InChI is InChI=1S/C29H28BrClN4O2/c1-29(2,3)25-17-26(35(33-25)24-15-8-7-14-23(24)31)32-27(36)19-34(18-20-10-5-4-6-11-20)28(37)21-12-9-13-22(30)16-21/h4-17H,18-19H2,1-3H3,(H,32,36). The van der Waals surface area contributed by atoms with E-state index in [1.165, 1.54) is 4.90 Å². The minimum Gasteiger partial charge on any atom is -0.325 e. The van der Waals surface area contributed by atoms with Crippen molar-refractivity contribution in [1.82, 2.24) is 14.7 Å². The summed E-state index contributed by atoms with van der Waals surface area (Å²) in [5.41, 5.74) is 2.63. The molecule has 0 atom stereocenters. The van der Waals surface area contributed by atoms with Gasteiger partial charge in [-0.3, -0.25) is 9.59 Å². The third-order valence-corrected chi connectivity index (χ3v) is 6.55. The maximum atomic E-state index is 13.4. The summed E-state index contributed by atoms with van der Waals surface area (Å²) < 4.78 is 2.43. The predicted octanol–water partition coefficient (Wildman–Crippen LogP) is 6.87. The van der Waals surface area contributed by atoms with Gasteiger partial charge in [-0.2, -0.15) is 5.10 Å². The minimum atomic E-state index is -0.340. The van der Waals surface area contributed by atoms with E-state index in [-0.39, 0.29) is 30.3 Å². The summed E-state index contributed by atoms with van der Waals surface area (Å²) in [4.78, 5) is 28.3. The fourth-order valence-corrected chi connectivity index (χ4v) is 4.42. The summed E-state index contributed by atoms with van der Waals surface area (Å²) in [5, 5.41) is 8.21. The second-order valence-electron chi connectivity index (χ2n) is 9.73. The fourth-order valence-electron chi connectivity index (χ4n) is 3.81. The Morgan fingerprint density at radius 3 is 2.35 bits per heavy atom. The molecule has 0 saturated carbocycles. The Bertz CT molecular complexity index is 1410. The fraction of sp³-hybridized carbons (Fsp3) is 0.207. The van der Waals surface area contributed by atoms with E-state index in [9.17, 15) is 9.59 Å². The number of amides is 2. The van der Waals surface area contributed by atoms with Crippen LogP contribution in [-0.2, 0) is 16.8 Å². The van der Waals surface area contributed by atoms with Crippen LogP contribution in [-0.4, -0.2) is 33.0 Å². The SMILES string of the molecule is CC(C)(C)c1cc(NC(=O)CN(Cc2ccccc2)C(=O)c2cccc(Br)c2)n(-c2ccccc2Cl)n1. The van der Waals surface area contributed by atoms with Crippen LogP contribution < -0.4 is 5.32 Å². The molecule has 0 aliphatic carbocycles. The summed E-state index contributed by atoms with van der Waals surface area (Å²) in [7, 11) is 0. The number of nitrogens with one attached hydrogen (secondary N) is 1. The van der Waals surface area contributed by atoms with Crippen LogP contribution in [0.4, 0.5) is 5.82 Å². The van der Waals surface area contributed by atoms with E-state index in [0.717, 1.165) is 15.7 Å². The number of hydrogen-bond acceptors (Lipinski definition) is 3. The third-order valence-electron chi connectivity index (χ3n) is 5.74. The van der Waals surface area contributed by atoms with E-state index in [1.54, 1.807) is 28.9 Å². The number of anilines is 1. The molecule has 1 aromatic heterocycles. The van der Waals surface area contributed by atoms with Crippen LogP contribution in [0, 0.1) is 0 Å². The van der Waals surface area contributed by atoms with Crippen LogP contribution in [0.3, 0.4) is 0 Å². The third kappa shape index (κ3) is 6.67. The maximum Gasteiger partial charge on any atom is 0.254 e. The summed E-state index contributed by atoms with van der Waals surface area (Å²) >= 11 is 9.88. The van der Waals surface area contributed by atoms with Gasteiger partial charge >= 0.3 is 0 Å². The Balaban J connectivity index is 1.63. The molecule has 3 aromatic carbocycles. The Hall–Kier alpha value is -3.42. The van der Waals surface area contributed by atoms with Gasteiger partial charge in [0.15, 0.2) is 0 Å². The van der Waals surface area contributed by atoms with Gasteiger partial charge in [0.2, 0.25) is 5.91 Å². The van der Waals surface area contributed by atoms with E-state index in [0.29, 0.717) is 22.1 Å². The van der Waals surface area contributed by atoms with E-state index in [2.05, 4.69) is 42.0 Å². The zero-order valence-corrected chi connectivity index (χ0v) is 23.3. The number of benzene rings is 3. The van der Waals surface area contributed by atoms with Gasteiger partial charge in [0.05, 0.1) is 16.4 Å². The molecule has 190 valence electrons. The van der Waals surface area contributed by atoms with Crippen LogP contribution in [0.5, 0.6) is 0 Å². The Labute approximate surface area is 230 Å². The number of carbonyl (C=O) groups excluding carboxylic acids is 2. The smallest absolute Gasteiger partial charge is 0.254 e. The van der Waals surface area contributed by atoms with Crippen molar-refractivity contribution >= 4 is 45.2 Å². The van der Waals surface area contributed by atoms with Crippen molar-refractivity contribution in [2.75, 3.05) is 11.9 Å². The summed E-state index contributed by atoms with van der Waals surface area (Å²) in [6.07, 6.45) is 0. The van der Waals surface area contributed by atoms with E-state index in [1.807, 2.05) is 60.7 Å². The lowest BCUT2D eigenvalue weighted by Crippen LogP contribution is -2.37. The monoisotopic (exact) mass is 578 g/mol. The summed E-state index contributed by atoms with van der Waals surface area (Å²) in [5.74, 6) is -0.0965. The van der Waals surface area contributed by atoms with Gasteiger partial charge in [-0.05, 0) is 35.9 Å². The lowest BCUT2D eigenvalue weighted by molar-refractivity contribution is -0.117. The van der Waals surface area contributed by atoms with Crippen LogP contribution in [0.25, 0.3) is 5.69 Å². The van der Waals surface area contributed by atoms with Crippen LogP contribution in [0.2, 0.25) is 5.02 Å². The molecule has 0 fully saturated rings. The molecule has 0 spiro atoms. The van der Waals surface area contributed by atoms with Crippen LogP contribution >= 0.6 is 27.5 Å². The van der Waals surface area contributed by atoms with Gasteiger partial charge < -0.3 is 10.2 Å². The van der Waals surface area contributed by atoms with Crippen molar-refractivity contribution in [3.05, 3.63) is 111 Å². The van der Waals surface area contributed by atoms with Crippen molar-refractivity contribution in [2.24, 2.45) is 0 Å². The lowest BCUT2D eigenvalue weighted by Gasteiger charge is -2.23. The Kier molecular flexibility index (Phi) is 8.15. The molecule has 4 aromatic rings. The largest absolute Gasteiger partial charge is 0.325 e. The zero-order valence-electron chi connectivity index (χ0n) is 20.9. The number of para-hydroxylation sites is 1. The highest BCUT2D eigenvalue weighted by atomic mass is 79.9. The molecule has 8 heteroatoms. The summed E-state index contributed by atoms with van der Waals surface area (Å²) in [6, 6.07) is 25.9. The van der Waals surface area contributed by atoms with Gasteiger partial charge in [-0.15, -0.1) is 0 Å². The molecule has 4 rings (SSSR count). The quantitative estimate of drug-likeness (QED) is 0.260. The first kappa shape index (κ1) is 26.6. The first-order valence-electron chi connectivity index (χ1n) is 11.9. The van der Waals surface area contributed by atoms with Gasteiger partial charge in [0.25, 0.3) is 5.91 Å². The van der Waals surface area contributed by atoms with E-state index in [4.69, 9.17) is 16.7 Å². The van der Waals surface area contributed by atoms with Crippen LogP contribution in [0.1, 0.15) is 42.4 Å². The van der Waals surface area contributed by atoms with Gasteiger partial charge in [0.1, 0.15) is 12.4 Å². The van der Waals surface area contributed by atoms with Gasteiger partial charge in [-0.1, -0.05) is 96.8 Å². The highest BCUT2D eigenvalue weighted by molar-refractivity contribution is 9.10. The molecule has 1 N–H and O–H groups in total. The number of nitrogens with zero attached hydrogens (tertiary/aromatic N) is 3. The van der Waals surface area contributed by atoms with Crippen molar-refractivity contribution in [3.63, 3.8) is 0 Å². The molecule has 0 aliphatic heterocycles. The molecule has 2 amide bonds. The number of halogens is 2. The molecule has 6 nitrogen and oxygen atoms in total. The molecule has 0 saturated heterocycles. The average Bonchev–Trinajstić information content (AvgIpc) is 3.28. The van der Waals surface area contributed by atoms with Crippen molar-refractivity contribution in [2.45, 2.75) is 32.7 Å². The van der Waals surface area contributed by atoms with Crippen molar-refractivity contribution in [3.8, 4) is 5.69 Å². The van der Waals surface area contributed by atoms with Gasteiger partial charge in [-0.25, -0.2) is 4.68 Å². The molecule has 37 heavy (non-hydrogen) atoms. The second kappa shape index (κ2) is 11.3. The van der Waals surface area contributed by atoms with E-state index >= 15 is 0 Å². The lowest BCUT2D eigenvalue weighted by atomic mass is 9.92.